The fourth-order valence-corrected chi connectivity index (χ4v) is 4.37. The van der Waals surface area contributed by atoms with Gasteiger partial charge in [-0.1, -0.05) is 6.92 Å². The van der Waals surface area contributed by atoms with Gasteiger partial charge >= 0.3 is 12.2 Å². The number of hydrogen-bond donors (Lipinski definition) is 0. The van der Waals surface area contributed by atoms with Gasteiger partial charge < -0.3 is 18.9 Å². The average Bonchev–Trinajstić information content (AvgIpc) is 3.29. The summed E-state index contributed by atoms with van der Waals surface area (Å²) in [4.78, 5) is 31.8. The van der Waals surface area contributed by atoms with Crippen molar-refractivity contribution in [3.8, 4) is 0 Å². The zero-order valence-corrected chi connectivity index (χ0v) is 20.6. The molecule has 1 aliphatic rings. The van der Waals surface area contributed by atoms with Crippen LogP contribution in [-0.4, -0.2) is 55.5 Å². The lowest BCUT2D eigenvalue weighted by Gasteiger charge is -2.38. The number of piperidine rings is 1. The number of fused-ring (bicyclic) bond motifs is 3. The van der Waals surface area contributed by atoms with Crippen LogP contribution in [0.15, 0.2) is 30.7 Å². The molecule has 2 atom stereocenters. The van der Waals surface area contributed by atoms with Crippen LogP contribution in [0.3, 0.4) is 0 Å². The number of nitrogens with zero attached hydrogens (tertiary/aromatic N) is 4. The number of ether oxygens (including phenoxy) is 2. The molecule has 3 aromatic heterocycles. The first-order chi connectivity index (χ1) is 15.3. The van der Waals surface area contributed by atoms with Crippen LogP contribution in [0.1, 0.15) is 60.9 Å². The zero-order chi connectivity index (χ0) is 24.1. The molecule has 0 unspecified atom stereocenters. The van der Waals surface area contributed by atoms with Gasteiger partial charge in [-0.25, -0.2) is 19.1 Å². The summed E-state index contributed by atoms with van der Waals surface area (Å²) in [6, 6.07) is 4.02. The summed E-state index contributed by atoms with van der Waals surface area (Å²) in [5.74, 6) is 0.371. The smallest absolute Gasteiger partial charge is 0.420 e. The van der Waals surface area contributed by atoms with E-state index in [0.717, 1.165) is 22.7 Å². The van der Waals surface area contributed by atoms with Crippen LogP contribution in [0.2, 0.25) is 0 Å². The maximum atomic E-state index is 12.7. The van der Waals surface area contributed by atoms with Gasteiger partial charge in [-0.2, -0.15) is 0 Å². The number of carbonyl (C=O) groups excluding carboxylic acids is 2. The summed E-state index contributed by atoms with van der Waals surface area (Å²) in [5, 5.41) is 1.87. The minimum Gasteiger partial charge on any atom is -0.444 e. The van der Waals surface area contributed by atoms with E-state index in [1.54, 1.807) is 17.3 Å². The molecule has 8 nitrogen and oxygen atoms in total. The third-order valence-corrected chi connectivity index (χ3v) is 5.90. The molecule has 0 radical (unpaired) electrons. The first kappa shape index (κ1) is 23.1. The Kier molecular flexibility index (Phi) is 5.66. The zero-order valence-electron chi connectivity index (χ0n) is 20.6. The predicted octanol–water partition coefficient (Wildman–Crippen LogP) is 5.59. The van der Waals surface area contributed by atoms with Crippen molar-refractivity contribution in [1.82, 2.24) is 19.0 Å². The SMILES string of the molecule is C[C@@H]1CCN(C(=O)OC(C)(C)C)C[C@@H]1n1ccc2cnc3c(ccn3C(=O)OC(C)(C)C)c21. The molecule has 178 valence electrons. The second-order valence-electron chi connectivity index (χ2n) is 10.9. The summed E-state index contributed by atoms with van der Waals surface area (Å²) in [5.41, 5.74) is 0.438. The molecular weight excluding hydrogens is 420 g/mol. The number of carbonyl (C=O) groups is 2. The molecule has 0 saturated carbocycles. The lowest BCUT2D eigenvalue weighted by molar-refractivity contribution is 0.0127. The first-order valence-electron chi connectivity index (χ1n) is 11.5. The predicted molar refractivity (Wildman–Crippen MR) is 127 cm³/mol. The molecule has 1 saturated heterocycles. The Morgan fingerprint density at radius 2 is 1.67 bits per heavy atom. The molecule has 0 N–H and O–H groups in total. The summed E-state index contributed by atoms with van der Waals surface area (Å²) in [7, 11) is 0. The van der Waals surface area contributed by atoms with E-state index in [2.05, 4.69) is 22.7 Å². The summed E-state index contributed by atoms with van der Waals surface area (Å²) in [6.45, 7) is 14.6. The third-order valence-electron chi connectivity index (χ3n) is 5.90. The Hall–Kier alpha value is -3.03. The second-order valence-corrected chi connectivity index (χ2v) is 10.9. The van der Waals surface area contributed by atoms with Gasteiger partial charge in [0.25, 0.3) is 0 Å². The van der Waals surface area contributed by atoms with E-state index in [9.17, 15) is 9.59 Å². The highest BCUT2D eigenvalue weighted by atomic mass is 16.6. The Morgan fingerprint density at radius 3 is 2.33 bits per heavy atom. The highest BCUT2D eigenvalue weighted by molar-refractivity contribution is 6.05. The first-order valence-corrected chi connectivity index (χ1v) is 11.5. The van der Waals surface area contributed by atoms with E-state index >= 15 is 0 Å². The van der Waals surface area contributed by atoms with Crippen LogP contribution in [0, 0.1) is 5.92 Å². The van der Waals surface area contributed by atoms with Gasteiger partial charge in [0.05, 0.1) is 11.6 Å². The van der Waals surface area contributed by atoms with Crippen molar-refractivity contribution in [2.75, 3.05) is 13.1 Å². The van der Waals surface area contributed by atoms with Crippen molar-refractivity contribution >= 4 is 34.1 Å². The van der Waals surface area contributed by atoms with Gasteiger partial charge in [-0.15, -0.1) is 0 Å². The highest BCUT2D eigenvalue weighted by Crippen LogP contribution is 2.34. The third kappa shape index (κ3) is 4.70. The van der Waals surface area contributed by atoms with E-state index < -0.39 is 17.3 Å². The Bertz CT molecular complexity index is 1190. The molecule has 1 fully saturated rings. The number of hydrogen-bond acceptors (Lipinski definition) is 5. The monoisotopic (exact) mass is 454 g/mol. The molecule has 0 bridgehead atoms. The fraction of sp³-hybridized carbons (Fsp3) is 0.560. The van der Waals surface area contributed by atoms with Gasteiger partial charge in [-0.3, -0.25) is 0 Å². The maximum absolute atomic E-state index is 12.7. The number of aromatic nitrogens is 3. The maximum Gasteiger partial charge on any atom is 0.420 e. The Balaban J connectivity index is 1.71. The molecule has 0 aliphatic carbocycles. The van der Waals surface area contributed by atoms with Gasteiger partial charge in [0, 0.05) is 42.5 Å². The van der Waals surface area contributed by atoms with Crippen LogP contribution < -0.4 is 0 Å². The van der Waals surface area contributed by atoms with Crippen LogP contribution in [0.25, 0.3) is 21.9 Å². The average molecular weight is 455 g/mol. The molecule has 1 amide bonds. The summed E-state index contributed by atoms with van der Waals surface area (Å²) in [6.07, 6.45) is 5.70. The number of rotatable bonds is 1. The van der Waals surface area contributed by atoms with Gasteiger partial charge in [-0.05, 0) is 66.0 Å². The van der Waals surface area contributed by atoms with Crippen molar-refractivity contribution in [3.05, 3.63) is 30.7 Å². The van der Waals surface area contributed by atoms with Crippen molar-refractivity contribution in [3.63, 3.8) is 0 Å². The van der Waals surface area contributed by atoms with E-state index in [4.69, 9.17) is 9.47 Å². The number of likely N-dealkylation sites (tertiary alicyclic amines) is 1. The van der Waals surface area contributed by atoms with E-state index in [1.165, 1.54) is 4.57 Å². The van der Waals surface area contributed by atoms with Crippen molar-refractivity contribution in [1.29, 1.82) is 0 Å². The van der Waals surface area contributed by atoms with Crippen LogP contribution in [0.5, 0.6) is 0 Å². The van der Waals surface area contributed by atoms with Crippen LogP contribution >= 0.6 is 0 Å². The lowest BCUT2D eigenvalue weighted by atomic mass is 9.93. The normalized spacial score (nSPS) is 19.8. The standard InChI is InChI=1S/C25H34N4O4/c1-16-8-11-27(22(30)32-24(2,3)4)15-19(16)28-12-9-17-14-26-21-18(20(17)28)10-13-29(21)23(31)33-25(5,6)7/h9-10,12-14,16,19H,8,11,15H2,1-7H3/t16-,19+/m1/s1. The number of pyridine rings is 1. The van der Waals surface area contributed by atoms with E-state index in [-0.39, 0.29) is 12.1 Å². The van der Waals surface area contributed by atoms with E-state index in [1.807, 2.05) is 53.7 Å². The lowest BCUT2D eigenvalue weighted by Crippen LogP contribution is -2.45. The highest BCUT2D eigenvalue weighted by Gasteiger charge is 2.33. The Morgan fingerprint density at radius 1 is 1.00 bits per heavy atom. The van der Waals surface area contributed by atoms with Crippen LogP contribution in [0.4, 0.5) is 9.59 Å². The van der Waals surface area contributed by atoms with Crippen molar-refractivity contribution in [2.45, 2.75) is 72.1 Å². The summed E-state index contributed by atoms with van der Waals surface area (Å²) < 4.78 is 14.8. The number of amides is 1. The molecular formula is C25H34N4O4. The van der Waals surface area contributed by atoms with E-state index in [0.29, 0.717) is 24.7 Å². The van der Waals surface area contributed by atoms with Gasteiger partial charge in [0.15, 0.2) is 5.65 Å². The molecule has 8 heteroatoms. The Labute approximate surface area is 194 Å². The molecule has 33 heavy (non-hydrogen) atoms. The molecule has 4 rings (SSSR count). The quantitative estimate of drug-likeness (QED) is 0.479. The van der Waals surface area contributed by atoms with Crippen molar-refractivity contribution in [2.24, 2.45) is 5.92 Å². The minimum atomic E-state index is -0.597. The van der Waals surface area contributed by atoms with Gasteiger partial charge in [0.1, 0.15) is 11.2 Å². The topological polar surface area (TPSA) is 78.6 Å². The molecule has 0 spiro atoms. The van der Waals surface area contributed by atoms with Crippen molar-refractivity contribution < 1.29 is 19.1 Å². The minimum absolute atomic E-state index is 0.0826. The summed E-state index contributed by atoms with van der Waals surface area (Å²) >= 11 is 0. The van der Waals surface area contributed by atoms with Gasteiger partial charge in [0.2, 0.25) is 0 Å². The van der Waals surface area contributed by atoms with Crippen LogP contribution in [-0.2, 0) is 9.47 Å². The fourth-order valence-electron chi connectivity index (χ4n) is 4.37. The molecule has 4 heterocycles. The largest absolute Gasteiger partial charge is 0.444 e. The molecule has 0 aromatic carbocycles. The molecule has 1 aliphatic heterocycles. The molecule has 3 aromatic rings. The second kappa shape index (κ2) is 8.08.